The average Bonchev–Trinajstić information content (AvgIpc) is 2.79. The number of pyridine rings is 1. The fourth-order valence-corrected chi connectivity index (χ4v) is 3.20. The van der Waals surface area contributed by atoms with E-state index in [0.717, 1.165) is 37.4 Å². The van der Waals surface area contributed by atoms with Crippen LogP contribution in [0.5, 0.6) is 0 Å². The Morgan fingerprint density at radius 2 is 1.55 bits per heavy atom. The fourth-order valence-electron chi connectivity index (χ4n) is 3.20. The zero-order valence-corrected chi connectivity index (χ0v) is 15.8. The first-order valence-corrected chi connectivity index (χ1v) is 9.44. The summed E-state index contributed by atoms with van der Waals surface area (Å²) < 4.78 is 13.1. The van der Waals surface area contributed by atoms with Crippen molar-refractivity contribution in [3.8, 4) is 0 Å². The molecule has 1 fully saturated rings. The molecule has 29 heavy (non-hydrogen) atoms. The molecular weight excluding hydrogens is 371 g/mol. The van der Waals surface area contributed by atoms with Crippen LogP contribution in [-0.4, -0.2) is 47.0 Å². The Bertz CT molecular complexity index is 941. The molecule has 148 valence electrons. The largest absolute Gasteiger partial charge is 0.368 e. The predicted molar refractivity (Wildman–Crippen MR) is 108 cm³/mol. The molecule has 8 heteroatoms. The van der Waals surface area contributed by atoms with Gasteiger partial charge in [-0.2, -0.15) is 0 Å². The molecule has 1 amide bonds. The van der Waals surface area contributed by atoms with Gasteiger partial charge < -0.3 is 15.1 Å². The summed E-state index contributed by atoms with van der Waals surface area (Å²) in [4.78, 5) is 29.2. The number of nitrogens with one attached hydrogen (secondary N) is 1. The minimum Gasteiger partial charge on any atom is -0.368 e. The van der Waals surface area contributed by atoms with Crippen LogP contribution in [0.1, 0.15) is 15.9 Å². The summed E-state index contributed by atoms with van der Waals surface area (Å²) in [7, 11) is 0. The van der Waals surface area contributed by atoms with Crippen LogP contribution in [0.2, 0.25) is 0 Å². The van der Waals surface area contributed by atoms with Gasteiger partial charge in [-0.1, -0.05) is 0 Å². The smallest absolute Gasteiger partial charge is 0.254 e. The molecule has 1 saturated heterocycles. The highest BCUT2D eigenvalue weighted by Crippen LogP contribution is 2.18. The molecule has 2 aromatic heterocycles. The number of amides is 1. The number of hydrogen-bond donors (Lipinski definition) is 1. The van der Waals surface area contributed by atoms with Crippen molar-refractivity contribution in [3.05, 3.63) is 78.1 Å². The minimum atomic E-state index is -0.231. The number of hydrogen-bond acceptors (Lipinski definition) is 6. The van der Waals surface area contributed by atoms with Gasteiger partial charge in [0.15, 0.2) is 0 Å². The molecule has 7 nitrogen and oxygen atoms in total. The molecule has 1 aliphatic rings. The highest BCUT2D eigenvalue weighted by Gasteiger charge is 2.19. The van der Waals surface area contributed by atoms with E-state index >= 15 is 0 Å². The molecule has 0 spiro atoms. The molecule has 3 aromatic rings. The number of benzene rings is 1. The van der Waals surface area contributed by atoms with Crippen LogP contribution in [0.3, 0.4) is 0 Å². The van der Waals surface area contributed by atoms with Gasteiger partial charge in [0, 0.05) is 63.2 Å². The van der Waals surface area contributed by atoms with Gasteiger partial charge in [-0.05, 0) is 42.0 Å². The molecule has 0 atom stereocenters. The van der Waals surface area contributed by atoms with E-state index < -0.39 is 0 Å². The van der Waals surface area contributed by atoms with Crippen molar-refractivity contribution in [3.63, 3.8) is 0 Å². The second-order valence-corrected chi connectivity index (χ2v) is 6.76. The summed E-state index contributed by atoms with van der Waals surface area (Å²) >= 11 is 0. The molecule has 1 aromatic carbocycles. The first kappa shape index (κ1) is 18.8. The van der Waals surface area contributed by atoms with Crippen LogP contribution in [-0.2, 0) is 6.54 Å². The SMILES string of the molecule is O=C(NCc1ccncc1)c1cnc(N2CCN(c3ccc(F)cc3)CC2)nc1. The van der Waals surface area contributed by atoms with Gasteiger partial charge in [0.05, 0.1) is 5.56 Å². The standard InChI is InChI=1S/C21H21FN6O/c22-18-1-3-19(4-2-18)27-9-11-28(12-10-27)21-25-14-17(15-26-21)20(29)24-13-16-5-7-23-8-6-16/h1-8,14-15H,9-13H2,(H,24,29). The van der Waals surface area contributed by atoms with Gasteiger partial charge in [-0.3, -0.25) is 9.78 Å². The summed E-state index contributed by atoms with van der Waals surface area (Å²) in [5, 5.41) is 2.85. The second-order valence-electron chi connectivity index (χ2n) is 6.76. The third-order valence-corrected chi connectivity index (χ3v) is 4.86. The lowest BCUT2D eigenvalue weighted by atomic mass is 10.2. The van der Waals surface area contributed by atoms with E-state index in [1.807, 2.05) is 12.1 Å². The summed E-state index contributed by atoms with van der Waals surface area (Å²) in [5.41, 5.74) is 2.41. The number of carbonyl (C=O) groups is 1. The molecule has 0 saturated carbocycles. The number of carbonyl (C=O) groups excluding carboxylic acids is 1. The van der Waals surface area contributed by atoms with Gasteiger partial charge in [-0.15, -0.1) is 0 Å². The molecular formula is C21H21FN6O. The van der Waals surface area contributed by atoms with Gasteiger partial charge in [-0.25, -0.2) is 14.4 Å². The molecule has 0 bridgehead atoms. The van der Waals surface area contributed by atoms with Crippen molar-refractivity contribution in [2.45, 2.75) is 6.54 Å². The van der Waals surface area contributed by atoms with Crippen LogP contribution >= 0.6 is 0 Å². The summed E-state index contributed by atoms with van der Waals surface area (Å²) in [5.74, 6) is 0.162. The minimum absolute atomic E-state index is 0.213. The number of nitrogens with zero attached hydrogens (tertiary/aromatic N) is 5. The van der Waals surface area contributed by atoms with Crippen molar-refractivity contribution < 1.29 is 9.18 Å². The third-order valence-electron chi connectivity index (χ3n) is 4.86. The van der Waals surface area contributed by atoms with Crippen molar-refractivity contribution in [2.75, 3.05) is 36.0 Å². The van der Waals surface area contributed by atoms with Crippen molar-refractivity contribution in [2.24, 2.45) is 0 Å². The Hall–Kier alpha value is -3.55. The average molecular weight is 392 g/mol. The van der Waals surface area contributed by atoms with Crippen LogP contribution in [0.15, 0.2) is 61.2 Å². The first-order valence-electron chi connectivity index (χ1n) is 9.44. The van der Waals surface area contributed by atoms with E-state index in [4.69, 9.17) is 0 Å². The normalized spacial score (nSPS) is 14.0. The molecule has 1 aliphatic heterocycles. The van der Waals surface area contributed by atoms with Crippen molar-refractivity contribution >= 4 is 17.5 Å². The number of halogens is 1. The molecule has 0 aliphatic carbocycles. The zero-order chi connectivity index (χ0) is 20.1. The number of rotatable bonds is 5. The molecule has 1 N–H and O–H groups in total. The van der Waals surface area contributed by atoms with E-state index in [2.05, 4.69) is 30.1 Å². The Kier molecular flexibility index (Phi) is 5.60. The lowest BCUT2D eigenvalue weighted by molar-refractivity contribution is 0.0950. The van der Waals surface area contributed by atoms with E-state index in [0.29, 0.717) is 18.1 Å². The lowest BCUT2D eigenvalue weighted by Crippen LogP contribution is -2.47. The Morgan fingerprint density at radius 1 is 0.931 bits per heavy atom. The summed E-state index contributed by atoms with van der Waals surface area (Å²) in [6.45, 7) is 3.52. The van der Waals surface area contributed by atoms with Gasteiger partial charge >= 0.3 is 0 Å². The molecule has 0 unspecified atom stereocenters. The number of aromatic nitrogens is 3. The van der Waals surface area contributed by atoms with Crippen molar-refractivity contribution in [1.29, 1.82) is 0 Å². The van der Waals surface area contributed by atoms with Crippen molar-refractivity contribution in [1.82, 2.24) is 20.3 Å². The van der Waals surface area contributed by atoms with Crippen LogP contribution in [0.4, 0.5) is 16.0 Å². The molecule has 4 rings (SSSR count). The second kappa shape index (κ2) is 8.64. The quantitative estimate of drug-likeness (QED) is 0.718. The Morgan fingerprint density at radius 3 is 2.21 bits per heavy atom. The van der Waals surface area contributed by atoms with Crippen LogP contribution in [0, 0.1) is 5.82 Å². The van der Waals surface area contributed by atoms with E-state index in [1.165, 1.54) is 12.1 Å². The maximum Gasteiger partial charge on any atom is 0.254 e. The van der Waals surface area contributed by atoms with E-state index in [1.54, 1.807) is 36.9 Å². The van der Waals surface area contributed by atoms with E-state index in [-0.39, 0.29) is 11.7 Å². The Labute approximate surface area is 168 Å². The predicted octanol–water partition coefficient (Wildman–Crippen LogP) is 2.27. The fraction of sp³-hybridized carbons (Fsp3) is 0.238. The van der Waals surface area contributed by atoms with Gasteiger partial charge in [0.25, 0.3) is 5.91 Å². The molecule has 0 radical (unpaired) electrons. The summed E-state index contributed by atoms with van der Waals surface area (Å²) in [6, 6.07) is 10.2. The topological polar surface area (TPSA) is 74.2 Å². The Balaban J connectivity index is 1.31. The first-order chi connectivity index (χ1) is 14.2. The zero-order valence-electron chi connectivity index (χ0n) is 15.8. The maximum absolute atomic E-state index is 13.1. The highest BCUT2D eigenvalue weighted by atomic mass is 19.1. The molecule has 3 heterocycles. The highest BCUT2D eigenvalue weighted by molar-refractivity contribution is 5.93. The van der Waals surface area contributed by atoms with Gasteiger partial charge in [0.1, 0.15) is 5.82 Å². The monoisotopic (exact) mass is 392 g/mol. The third kappa shape index (κ3) is 4.66. The number of anilines is 2. The lowest BCUT2D eigenvalue weighted by Gasteiger charge is -2.36. The van der Waals surface area contributed by atoms with E-state index in [9.17, 15) is 9.18 Å². The van der Waals surface area contributed by atoms with Gasteiger partial charge in [0.2, 0.25) is 5.95 Å². The maximum atomic E-state index is 13.1. The van der Waals surface area contributed by atoms with Crippen LogP contribution < -0.4 is 15.1 Å². The number of piperazine rings is 1. The summed E-state index contributed by atoms with van der Waals surface area (Å²) in [6.07, 6.45) is 6.48. The van der Waals surface area contributed by atoms with Crippen LogP contribution in [0.25, 0.3) is 0 Å².